The summed E-state index contributed by atoms with van der Waals surface area (Å²) in [6.45, 7) is 2.18. The first-order chi connectivity index (χ1) is 12.3. The van der Waals surface area contributed by atoms with Gasteiger partial charge in [0.1, 0.15) is 11.9 Å². The predicted octanol–water partition coefficient (Wildman–Crippen LogP) is 1.98. The van der Waals surface area contributed by atoms with Gasteiger partial charge in [-0.2, -0.15) is 4.72 Å². The third-order valence-corrected chi connectivity index (χ3v) is 5.48. The molecule has 0 saturated heterocycles. The van der Waals surface area contributed by atoms with Crippen molar-refractivity contribution in [2.75, 3.05) is 13.6 Å². The molecule has 0 spiro atoms. The van der Waals surface area contributed by atoms with Crippen molar-refractivity contribution in [2.24, 2.45) is 0 Å². The number of amides is 1. The largest absolute Gasteiger partial charge is 0.344 e. The molecule has 1 aromatic heterocycles. The molecule has 1 unspecified atom stereocenters. The number of halogens is 1. The van der Waals surface area contributed by atoms with Crippen molar-refractivity contribution in [1.29, 1.82) is 0 Å². The zero-order valence-corrected chi connectivity index (χ0v) is 15.5. The van der Waals surface area contributed by atoms with Gasteiger partial charge in [0.25, 0.3) is 0 Å². The Morgan fingerprint density at radius 2 is 1.81 bits per heavy atom. The van der Waals surface area contributed by atoms with Gasteiger partial charge in [-0.05, 0) is 54.8 Å². The molecule has 0 aliphatic heterocycles. The summed E-state index contributed by atoms with van der Waals surface area (Å²) >= 11 is 0. The van der Waals surface area contributed by atoms with Crippen molar-refractivity contribution in [3.63, 3.8) is 0 Å². The van der Waals surface area contributed by atoms with Crippen LogP contribution >= 0.6 is 0 Å². The van der Waals surface area contributed by atoms with Gasteiger partial charge in [0, 0.05) is 26.0 Å². The summed E-state index contributed by atoms with van der Waals surface area (Å²) in [4.78, 5) is 18.0. The van der Waals surface area contributed by atoms with Crippen LogP contribution in [0, 0.1) is 5.82 Å². The lowest BCUT2D eigenvalue weighted by Crippen LogP contribution is -2.47. The van der Waals surface area contributed by atoms with E-state index >= 15 is 0 Å². The molecule has 1 atom stereocenters. The highest BCUT2D eigenvalue weighted by Crippen LogP contribution is 2.12. The Hall–Kier alpha value is -2.32. The molecule has 8 heteroatoms. The third-order valence-electron chi connectivity index (χ3n) is 3.99. The zero-order valence-electron chi connectivity index (χ0n) is 14.7. The molecule has 1 amide bonds. The van der Waals surface area contributed by atoms with Gasteiger partial charge in [0.2, 0.25) is 15.9 Å². The van der Waals surface area contributed by atoms with Gasteiger partial charge in [-0.15, -0.1) is 0 Å². The minimum atomic E-state index is -3.91. The number of likely N-dealkylation sites (N-methyl/N-ethyl adjacent to an activating group) is 1. The molecule has 140 valence electrons. The van der Waals surface area contributed by atoms with E-state index in [4.69, 9.17) is 0 Å². The number of hydrogen-bond acceptors (Lipinski definition) is 4. The fourth-order valence-corrected chi connectivity index (χ4v) is 3.67. The fraction of sp³-hybridized carbons (Fsp3) is 0.333. The van der Waals surface area contributed by atoms with Gasteiger partial charge in [0.05, 0.1) is 4.90 Å². The zero-order chi connectivity index (χ0) is 19.2. The van der Waals surface area contributed by atoms with Crippen molar-refractivity contribution in [3.05, 3.63) is 60.2 Å². The molecule has 0 aliphatic rings. The molecule has 2 rings (SSSR count). The Balaban J connectivity index is 2.01. The van der Waals surface area contributed by atoms with Crippen LogP contribution in [0.1, 0.15) is 18.9 Å². The lowest BCUT2D eigenvalue weighted by molar-refractivity contribution is -0.131. The van der Waals surface area contributed by atoms with E-state index in [9.17, 15) is 17.6 Å². The third kappa shape index (κ3) is 5.34. The topological polar surface area (TPSA) is 79.4 Å². The van der Waals surface area contributed by atoms with E-state index in [1.54, 1.807) is 26.4 Å². The minimum Gasteiger partial charge on any atom is -0.344 e. The highest BCUT2D eigenvalue weighted by Gasteiger charge is 2.26. The number of hydrogen-bond donors (Lipinski definition) is 1. The van der Waals surface area contributed by atoms with E-state index < -0.39 is 21.9 Å². The number of rotatable bonds is 8. The van der Waals surface area contributed by atoms with Crippen LogP contribution in [0.2, 0.25) is 0 Å². The predicted molar refractivity (Wildman–Crippen MR) is 96.4 cm³/mol. The Labute approximate surface area is 153 Å². The quantitative estimate of drug-likeness (QED) is 0.761. The van der Waals surface area contributed by atoms with Gasteiger partial charge in [-0.3, -0.25) is 9.78 Å². The number of nitrogens with zero attached hydrogens (tertiary/aromatic N) is 2. The molecule has 1 aromatic carbocycles. The highest BCUT2D eigenvalue weighted by atomic mass is 32.2. The lowest BCUT2D eigenvalue weighted by Gasteiger charge is -2.24. The van der Waals surface area contributed by atoms with Crippen LogP contribution in [0.4, 0.5) is 4.39 Å². The molecule has 0 aliphatic carbocycles. The van der Waals surface area contributed by atoms with Crippen molar-refractivity contribution in [1.82, 2.24) is 14.6 Å². The number of pyridine rings is 1. The van der Waals surface area contributed by atoms with Gasteiger partial charge in [-0.1, -0.05) is 6.92 Å². The monoisotopic (exact) mass is 379 g/mol. The SMILES string of the molecule is CCC(NS(=O)(=O)c1ccc(F)cc1)C(=O)N(C)CCc1ccncc1. The summed E-state index contributed by atoms with van der Waals surface area (Å²) in [6.07, 6.45) is 4.32. The Kier molecular flexibility index (Phi) is 6.82. The summed E-state index contributed by atoms with van der Waals surface area (Å²) < 4.78 is 40.2. The van der Waals surface area contributed by atoms with Crippen LogP contribution < -0.4 is 4.72 Å². The van der Waals surface area contributed by atoms with Crippen LogP contribution in [0.5, 0.6) is 0 Å². The van der Waals surface area contributed by atoms with Gasteiger partial charge in [-0.25, -0.2) is 12.8 Å². The van der Waals surface area contributed by atoms with Crippen molar-refractivity contribution >= 4 is 15.9 Å². The molecule has 1 heterocycles. The minimum absolute atomic E-state index is 0.0791. The first-order valence-corrected chi connectivity index (χ1v) is 9.73. The molecular formula is C18H22FN3O3S. The molecular weight excluding hydrogens is 357 g/mol. The average Bonchev–Trinajstić information content (AvgIpc) is 2.64. The van der Waals surface area contributed by atoms with Crippen LogP contribution in [-0.2, 0) is 21.2 Å². The number of carbonyl (C=O) groups is 1. The standard InChI is InChI=1S/C18H22FN3O3S/c1-3-17(21-26(24,25)16-6-4-15(19)5-7-16)18(23)22(2)13-10-14-8-11-20-12-9-14/h4-9,11-12,17,21H,3,10,13H2,1-2H3. The fourth-order valence-electron chi connectivity index (χ4n) is 2.40. The Morgan fingerprint density at radius 3 is 2.38 bits per heavy atom. The molecule has 1 N–H and O–H groups in total. The van der Waals surface area contributed by atoms with E-state index in [0.29, 0.717) is 19.4 Å². The number of sulfonamides is 1. The van der Waals surface area contributed by atoms with Crippen molar-refractivity contribution in [2.45, 2.75) is 30.7 Å². The highest BCUT2D eigenvalue weighted by molar-refractivity contribution is 7.89. The van der Waals surface area contributed by atoms with Crippen LogP contribution in [-0.4, -0.2) is 43.8 Å². The maximum absolute atomic E-state index is 13.0. The molecule has 26 heavy (non-hydrogen) atoms. The summed E-state index contributed by atoms with van der Waals surface area (Å²) in [5.74, 6) is -0.838. The van der Waals surface area contributed by atoms with E-state index in [1.165, 1.54) is 17.0 Å². The van der Waals surface area contributed by atoms with Gasteiger partial charge in [0.15, 0.2) is 0 Å². The summed E-state index contributed by atoms with van der Waals surface area (Å²) in [5.41, 5.74) is 1.04. The van der Waals surface area contributed by atoms with Crippen molar-refractivity contribution in [3.8, 4) is 0 Å². The summed E-state index contributed by atoms with van der Waals surface area (Å²) in [5, 5.41) is 0. The number of carbonyl (C=O) groups excluding carboxylic acids is 1. The van der Waals surface area contributed by atoms with Crippen LogP contribution in [0.15, 0.2) is 53.7 Å². The summed E-state index contributed by atoms with van der Waals surface area (Å²) in [6, 6.07) is 7.33. The molecule has 0 saturated carbocycles. The first kappa shape index (κ1) is 20.0. The number of aromatic nitrogens is 1. The number of nitrogens with one attached hydrogen (secondary N) is 1. The van der Waals surface area contributed by atoms with Crippen LogP contribution in [0.25, 0.3) is 0 Å². The second kappa shape index (κ2) is 8.86. The Morgan fingerprint density at radius 1 is 1.19 bits per heavy atom. The smallest absolute Gasteiger partial charge is 0.241 e. The second-order valence-corrected chi connectivity index (χ2v) is 7.62. The maximum Gasteiger partial charge on any atom is 0.241 e. The normalized spacial score (nSPS) is 12.6. The molecule has 0 radical (unpaired) electrons. The van der Waals surface area contributed by atoms with Crippen LogP contribution in [0.3, 0.4) is 0 Å². The van der Waals surface area contributed by atoms with E-state index in [2.05, 4.69) is 9.71 Å². The lowest BCUT2D eigenvalue weighted by atomic mass is 10.1. The molecule has 6 nitrogen and oxygen atoms in total. The first-order valence-electron chi connectivity index (χ1n) is 8.25. The number of benzene rings is 1. The Bertz CT molecular complexity index is 827. The van der Waals surface area contributed by atoms with E-state index in [-0.39, 0.29) is 10.8 Å². The van der Waals surface area contributed by atoms with E-state index in [0.717, 1.165) is 17.7 Å². The molecule has 2 aromatic rings. The molecule has 0 fully saturated rings. The average molecular weight is 379 g/mol. The second-order valence-electron chi connectivity index (χ2n) is 5.90. The molecule has 0 bridgehead atoms. The maximum atomic E-state index is 13.0. The summed E-state index contributed by atoms with van der Waals surface area (Å²) in [7, 11) is -2.27. The van der Waals surface area contributed by atoms with E-state index in [1.807, 2.05) is 12.1 Å². The van der Waals surface area contributed by atoms with Crippen molar-refractivity contribution < 1.29 is 17.6 Å². The van der Waals surface area contributed by atoms with Gasteiger partial charge >= 0.3 is 0 Å². The van der Waals surface area contributed by atoms with Gasteiger partial charge < -0.3 is 4.90 Å².